The van der Waals surface area contributed by atoms with E-state index in [1.165, 1.54) is 0 Å². The molecule has 0 aliphatic carbocycles. The summed E-state index contributed by atoms with van der Waals surface area (Å²) in [4.78, 5) is 14.0. The van der Waals surface area contributed by atoms with Gasteiger partial charge in [-0.05, 0) is 67.1 Å². The molecule has 1 aliphatic heterocycles. The standard InChI is InChI=1S/C21H23N3O3S/c1-15-10-16(2)20(12-19(15)18-7-5-6-17(11-18)13-22)28(26,27)23-14-21(25)24-8-3-4-9-24/h5-7,10-12,23H,3-4,8-9,14H2,1-2H3. The van der Waals surface area contributed by atoms with Gasteiger partial charge in [-0.3, -0.25) is 4.79 Å². The van der Waals surface area contributed by atoms with Crippen molar-refractivity contribution in [3.8, 4) is 17.2 Å². The van der Waals surface area contributed by atoms with Crippen LogP contribution in [0.25, 0.3) is 11.1 Å². The third-order valence-corrected chi connectivity index (χ3v) is 6.53. The Labute approximate surface area is 165 Å². The minimum Gasteiger partial charge on any atom is -0.342 e. The second kappa shape index (κ2) is 8.13. The fourth-order valence-electron chi connectivity index (χ4n) is 3.50. The van der Waals surface area contributed by atoms with E-state index in [1.54, 1.807) is 36.1 Å². The zero-order valence-electron chi connectivity index (χ0n) is 16.0. The molecule has 1 aliphatic rings. The van der Waals surface area contributed by atoms with Crippen LogP contribution in [0.15, 0.2) is 41.3 Å². The summed E-state index contributed by atoms with van der Waals surface area (Å²) in [5.41, 5.74) is 3.56. The van der Waals surface area contributed by atoms with Crippen LogP contribution in [-0.2, 0) is 14.8 Å². The zero-order chi connectivity index (χ0) is 20.3. The molecule has 0 radical (unpaired) electrons. The smallest absolute Gasteiger partial charge is 0.241 e. The first-order chi connectivity index (χ1) is 13.3. The van der Waals surface area contributed by atoms with Crippen molar-refractivity contribution in [3.63, 3.8) is 0 Å². The fraction of sp³-hybridized carbons (Fsp3) is 0.333. The molecule has 1 fully saturated rings. The predicted molar refractivity (Wildman–Crippen MR) is 107 cm³/mol. The summed E-state index contributed by atoms with van der Waals surface area (Å²) in [7, 11) is -3.84. The molecular weight excluding hydrogens is 374 g/mol. The van der Waals surface area contributed by atoms with E-state index in [0.29, 0.717) is 24.2 Å². The molecule has 0 spiro atoms. The van der Waals surface area contributed by atoms with Gasteiger partial charge in [0.2, 0.25) is 15.9 Å². The molecule has 1 amide bonds. The van der Waals surface area contributed by atoms with Crippen molar-refractivity contribution in [3.05, 3.63) is 53.1 Å². The number of nitriles is 1. The summed E-state index contributed by atoms with van der Waals surface area (Å²) in [6.45, 7) is 4.77. The van der Waals surface area contributed by atoms with Gasteiger partial charge in [0.25, 0.3) is 0 Å². The van der Waals surface area contributed by atoms with E-state index >= 15 is 0 Å². The number of nitrogens with zero attached hydrogens (tertiary/aromatic N) is 2. The monoisotopic (exact) mass is 397 g/mol. The van der Waals surface area contributed by atoms with E-state index in [1.807, 2.05) is 19.1 Å². The molecule has 1 heterocycles. The van der Waals surface area contributed by atoms with Crippen LogP contribution >= 0.6 is 0 Å². The average molecular weight is 398 g/mol. The van der Waals surface area contributed by atoms with Gasteiger partial charge in [0.1, 0.15) is 0 Å². The van der Waals surface area contributed by atoms with Crippen molar-refractivity contribution in [2.45, 2.75) is 31.6 Å². The van der Waals surface area contributed by atoms with Gasteiger partial charge >= 0.3 is 0 Å². The van der Waals surface area contributed by atoms with Crippen molar-refractivity contribution in [2.75, 3.05) is 19.6 Å². The lowest BCUT2D eigenvalue weighted by Gasteiger charge is -2.17. The topological polar surface area (TPSA) is 90.3 Å². The van der Waals surface area contributed by atoms with Gasteiger partial charge in [-0.15, -0.1) is 0 Å². The number of amides is 1. The summed E-state index contributed by atoms with van der Waals surface area (Å²) < 4.78 is 28.2. The van der Waals surface area contributed by atoms with Gasteiger partial charge in [-0.1, -0.05) is 18.2 Å². The number of hydrogen-bond acceptors (Lipinski definition) is 4. The fourth-order valence-corrected chi connectivity index (χ4v) is 4.73. The highest BCUT2D eigenvalue weighted by Crippen LogP contribution is 2.29. The number of carbonyl (C=O) groups is 1. The molecule has 28 heavy (non-hydrogen) atoms. The first-order valence-corrected chi connectivity index (χ1v) is 10.7. The summed E-state index contributed by atoms with van der Waals surface area (Å²) in [6.07, 6.45) is 1.92. The molecule has 6 nitrogen and oxygen atoms in total. The van der Waals surface area contributed by atoms with Crippen LogP contribution in [-0.4, -0.2) is 38.9 Å². The molecule has 0 unspecified atom stereocenters. The lowest BCUT2D eigenvalue weighted by Crippen LogP contribution is -2.38. The Kier molecular flexibility index (Phi) is 5.82. The maximum absolute atomic E-state index is 12.9. The van der Waals surface area contributed by atoms with E-state index in [4.69, 9.17) is 5.26 Å². The first kappa shape index (κ1) is 20.1. The second-order valence-electron chi connectivity index (χ2n) is 7.04. The van der Waals surface area contributed by atoms with Crippen molar-refractivity contribution in [1.29, 1.82) is 5.26 Å². The molecule has 0 aromatic heterocycles. The van der Waals surface area contributed by atoms with Gasteiger partial charge in [0.15, 0.2) is 0 Å². The molecule has 3 rings (SSSR count). The number of rotatable bonds is 5. The minimum absolute atomic E-state index is 0.143. The van der Waals surface area contributed by atoms with E-state index in [2.05, 4.69) is 10.8 Å². The Morgan fingerprint density at radius 3 is 2.54 bits per heavy atom. The molecule has 0 atom stereocenters. The van der Waals surface area contributed by atoms with Crippen LogP contribution in [0.3, 0.4) is 0 Å². The van der Waals surface area contributed by atoms with Crippen molar-refractivity contribution < 1.29 is 13.2 Å². The van der Waals surface area contributed by atoms with Gasteiger partial charge in [-0.2, -0.15) is 5.26 Å². The van der Waals surface area contributed by atoms with Crippen LogP contribution < -0.4 is 4.72 Å². The van der Waals surface area contributed by atoms with Crippen molar-refractivity contribution in [1.82, 2.24) is 9.62 Å². The van der Waals surface area contributed by atoms with Crippen molar-refractivity contribution in [2.24, 2.45) is 0 Å². The molecule has 146 valence electrons. The van der Waals surface area contributed by atoms with Crippen LogP contribution in [0.2, 0.25) is 0 Å². The van der Waals surface area contributed by atoms with E-state index < -0.39 is 10.0 Å². The normalized spacial score (nSPS) is 14.1. The highest BCUT2D eigenvalue weighted by Gasteiger charge is 2.23. The molecule has 7 heteroatoms. The van der Waals surface area contributed by atoms with E-state index in [9.17, 15) is 13.2 Å². The molecule has 2 aromatic carbocycles. The van der Waals surface area contributed by atoms with Gasteiger partial charge in [-0.25, -0.2) is 13.1 Å². The zero-order valence-corrected chi connectivity index (χ0v) is 16.8. The number of benzene rings is 2. The summed E-state index contributed by atoms with van der Waals surface area (Å²) in [5.74, 6) is -0.201. The Balaban J connectivity index is 1.90. The molecule has 1 N–H and O–H groups in total. The average Bonchev–Trinajstić information content (AvgIpc) is 3.21. The minimum atomic E-state index is -3.84. The molecule has 2 aromatic rings. The Morgan fingerprint density at radius 1 is 1.14 bits per heavy atom. The number of sulfonamides is 1. The summed E-state index contributed by atoms with van der Waals surface area (Å²) >= 11 is 0. The number of nitrogens with one attached hydrogen (secondary N) is 1. The predicted octanol–water partition coefficient (Wildman–Crippen LogP) is 2.74. The third kappa shape index (κ3) is 4.24. The number of aryl methyl sites for hydroxylation is 2. The van der Waals surface area contributed by atoms with Crippen LogP contribution in [0.4, 0.5) is 0 Å². The van der Waals surface area contributed by atoms with E-state index in [-0.39, 0.29) is 17.3 Å². The van der Waals surface area contributed by atoms with Crippen molar-refractivity contribution >= 4 is 15.9 Å². The van der Waals surface area contributed by atoms with E-state index in [0.717, 1.165) is 29.5 Å². The quantitative estimate of drug-likeness (QED) is 0.840. The van der Waals surface area contributed by atoms with Crippen LogP contribution in [0.5, 0.6) is 0 Å². The summed E-state index contributed by atoms with van der Waals surface area (Å²) in [6, 6.07) is 12.6. The lowest BCUT2D eigenvalue weighted by molar-refractivity contribution is -0.128. The number of hydrogen-bond donors (Lipinski definition) is 1. The third-order valence-electron chi connectivity index (χ3n) is 4.99. The largest absolute Gasteiger partial charge is 0.342 e. The Morgan fingerprint density at radius 2 is 1.86 bits per heavy atom. The van der Waals surface area contributed by atoms with Crippen LogP contribution in [0, 0.1) is 25.2 Å². The lowest BCUT2D eigenvalue weighted by atomic mass is 9.97. The summed E-state index contributed by atoms with van der Waals surface area (Å²) in [5, 5.41) is 9.13. The maximum Gasteiger partial charge on any atom is 0.241 e. The SMILES string of the molecule is Cc1cc(C)c(S(=O)(=O)NCC(=O)N2CCCC2)cc1-c1cccc(C#N)c1. The van der Waals surface area contributed by atoms with Gasteiger partial charge in [0, 0.05) is 13.1 Å². The number of likely N-dealkylation sites (tertiary alicyclic amines) is 1. The Bertz CT molecular complexity index is 1050. The van der Waals surface area contributed by atoms with Gasteiger partial charge in [0.05, 0.1) is 23.1 Å². The molecule has 0 bridgehead atoms. The molecule has 1 saturated heterocycles. The molecular formula is C21H23N3O3S. The highest BCUT2D eigenvalue weighted by molar-refractivity contribution is 7.89. The number of carbonyl (C=O) groups excluding carboxylic acids is 1. The second-order valence-corrected chi connectivity index (χ2v) is 8.77. The van der Waals surface area contributed by atoms with Crippen LogP contribution in [0.1, 0.15) is 29.5 Å². The molecule has 0 saturated carbocycles. The maximum atomic E-state index is 12.9. The Hall–Kier alpha value is -2.69. The first-order valence-electron chi connectivity index (χ1n) is 9.21. The highest BCUT2D eigenvalue weighted by atomic mass is 32.2. The van der Waals surface area contributed by atoms with Gasteiger partial charge < -0.3 is 4.90 Å².